The Bertz CT molecular complexity index is 446. The molecular weight excluding hydrogens is 248 g/mol. The first-order valence-electron chi connectivity index (χ1n) is 5.85. The van der Waals surface area contributed by atoms with Gasteiger partial charge in [-0.05, 0) is 19.9 Å². The van der Waals surface area contributed by atoms with E-state index in [1.54, 1.807) is 31.2 Å². The van der Waals surface area contributed by atoms with E-state index >= 15 is 0 Å². The average molecular weight is 266 g/mol. The topological polar surface area (TPSA) is 46.5 Å². The third-order valence-corrected chi connectivity index (χ3v) is 3.55. The van der Waals surface area contributed by atoms with Gasteiger partial charge in [0.15, 0.2) is 0 Å². The fraction of sp³-hybridized carbons (Fsp3) is 0.357. The van der Waals surface area contributed by atoms with Crippen molar-refractivity contribution >= 4 is 17.3 Å². The highest BCUT2D eigenvalue weighted by Crippen LogP contribution is 2.29. The molecule has 0 radical (unpaired) electrons. The second-order valence-electron chi connectivity index (χ2n) is 3.67. The fourth-order valence-electron chi connectivity index (χ4n) is 1.54. The van der Waals surface area contributed by atoms with Crippen molar-refractivity contribution in [1.29, 1.82) is 0 Å². The van der Waals surface area contributed by atoms with E-state index in [0.717, 1.165) is 9.75 Å². The molecule has 98 valence electrons. The lowest BCUT2D eigenvalue weighted by molar-refractivity contribution is 0.0526. The molecule has 1 atom stereocenters. The molecule has 0 bridgehead atoms. The van der Waals surface area contributed by atoms with Crippen LogP contribution < -0.4 is 0 Å². The quantitative estimate of drug-likeness (QED) is 0.635. The van der Waals surface area contributed by atoms with Gasteiger partial charge in [0.25, 0.3) is 0 Å². The maximum Gasteiger partial charge on any atom is 0.339 e. The van der Waals surface area contributed by atoms with Crippen LogP contribution in [-0.4, -0.2) is 17.7 Å². The van der Waals surface area contributed by atoms with Crippen LogP contribution in [0.3, 0.4) is 0 Å². The molecule has 1 N–H and O–H groups in total. The minimum Gasteiger partial charge on any atom is -0.462 e. The van der Waals surface area contributed by atoms with Crippen molar-refractivity contribution in [2.75, 3.05) is 6.61 Å². The van der Waals surface area contributed by atoms with Crippen molar-refractivity contribution in [3.8, 4) is 0 Å². The zero-order valence-electron chi connectivity index (χ0n) is 10.7. The van der Waals surface area contributed by atoms with Gasteiger partial charge in [-0.3, -0.25) is 0 Å². The summed E-state index contributed by atoms with van der Waals surface area (Å²) < 4.78 is 5.00. The molecule has 0 aromatic carbocycles. The Morgan fingerprint density at radius 3 is 2.94 bits per heavy atom. The average Bonchev–Trinajstić information content (AvgIpc) is 2.74. The Hall–Kier alpha value is -1.39. The van der Waals surface area contributed by atoms with Crippen LogP contribution in [0.25, 0.3) is 0 Å². The first-order valence-corrected chi connectivity index (χ1v) is 6.67. The fourth-order valence-corrected chi connectivity index (χ4v) is 2.65. The minimum atomic E-state index is -0.674. The van der Waals surface area contributed by atoms with E-state index in [9.17, 15) is 9.90 Å². The van der Waals surface area contributed by atoms with Crippen LogP contribution in [0.1, 0.15) is 40.1 Å². The summed E-state index contributed by atoms with van der Waals surface area (Å²) >= 11 is 1.41. The molecule has 1 aromatic rings. The largest absolute Gasteiger partial charge is 0.462 e. The smallest absolute Gasteiger partial charge is 0.339 e. The molecule has 1 aromatic heterocycles. The number of esters is 1. The summed E-state index contributed by atoms with van der Waals surface area (Å²) in [6, 6.07) is 1.70. The highest BCUT2D eigenvalue weighted by molar-refractivity contribution is 7.12. The molecule has 0 saturated carbocycles. The van der Waals surface area contributed by atoms with Gasteiger partial charge in [-0.15, -0.1) is 17.9 Å². The summed E-state index contributed by atoms with van der Waals surface area (Å²) in [5, 5.41) is 9.88. The first-order chi connectivity index (χ1) is 8.63. The number of thiophene rings is 1. The monoisotopic (exact) mass is 266 g/mol. The number of ether oxygens (including phenoxy) is 1. The SMILES string of the molecule is C=CCc1sc(C(O)/C=C/C)cc1C(=O)OCC. The van der Waals surface area contributed by atoms with Crippen molar-refractivity contribution in [3.63, 3.8) is 0 Å². The van der Waals surface area contributed by atoms with Crippen LogP contribution in [0.2, 0.25) is 0 Å². The number of aliphatic hydroxyl groups is 1. The van der Waals surface area contributed by atoms with E-state index in [-0.39, 0.29) is 5.97 Å². The molecule has 0 amide bonds. The van der Waals surface area contributed by atoms with E-state index in [0.29, 0.717) is 18.6 Å². The van der Waals surface area contributed by atoms with E-state index in [2.05, 4.69) is 6.58 Å². The summed E-state index contributed by atoms with van der Waals surface area (Å²) in [4.78, 5) is 13.4. The van der Waals surface area contributed by atoms with Crippen molar-refractivity contribution in [3.05, 3.63) is 46.2 Å². The molecule has 0 aliphatic carbocycles. The number of hydrogen-bond acceptors (Lipinski definition) is 4. The summed E-state index contributed by atoms with van der Waals surface area (Å²) in [7, 11) is 0. The molecule has 4 heteroatoms. The highest BCUT2D eigenvalue weighted by Gasteiger charge is 2.18. The van der Waals surface area contributed by atoms with Crippen LogP contribution in [0, 0.1) is 0 Å². The molecular formula is C14H18O3S. The van der Waals surface area contributed by atoms with Crippen LogP contribution >= 0.6 is 11.3 Å². The number of aliphatic hydroxyl groups excluding tert-OH is 1. The Morgan fingerprint density at radius 1 is 1.67 bits per heavy atom. The lowest BCUT2D eigenvalue weighted by Crippen LogP contribution is -2.05. The van der Waals surface area contributed by atoms with Gasteiger partial charge in [0.1, 0.15) is 6.10 Å². The molecule has 0 aliphatic rings. The predicted molar refractivity (Wildman–Crippen MR) is 74.0 cm³/mol. The highest BCUT2D eigenvalue weighted by atomic mass is 32.1. The van der Waals surface area contributed by atoms with Crippen molar-refractivity contribution < 1.29 is 14.6 Å². The third kappa shape index (κ3) is 3.55. The second-order valence-corrected chi connectivity index (χ2v) is 4.84. The van der Waals surface area contributed by atoms with Gasteiger partial charge in [0.2, 0.25) is 0 Å². The first kappa shape index (κ1) is 14.7. The Labute approximate surface area is 111 Å². The van der Waals surface area contributed by atoms with Crippen molar-refractivity contribution in [2.24, 2.45) is 0 Å². The zero-order chi connectivity index (χ0) is 13.5. The van der Waals surface area contributed by atoms with Gasteiger partial charge >= 0.3 is 5.97 Å². The third-order valence-electron chi connectivity index (χ3n) is 2.32. The summed E-state index contributed by atoms with van der Waals surface area (Å²) in [6.07, 6.45) is 5.12. The van der Waals surface area contributed by atoms with Gasteiger partial charge in [0.05, 0.1) is 12.2 Å². The lowest BCUT2D eigenvalue weighted by Gasteiger charge is -2.01. The van der Waals surface area contributed by atoms with Gasteiger partial charge in [-0.1, -0.05) is 18.2 Å². The Balaban J connectivity index is 3.07. The Kier molecular flexibility index (Phi) is 5.82. The molecule has 1 heterocycles. The normalized spacial score (nSPS) is 12.6. The summed E-state index contributed by atoms with van der Waals surface area (Å²) in [6.45, 7) is 7.62. The number of hydrogen-bond donors (Lipinski definition) is 1. The lowest BCUT2D eigenvalue weighted by atomic mass is 10.1. The molecule has 3 nitrogen and oxygen atoms in total. The number of carbonyl (C=O) groups excluding carboxylic acids is 1. The summed E-state index contributed by atoms with van der Waals surface area (Å²) in [5.74, 6) is -0.343. The van der Waals surface area contributed by atoms with Gasteiger partial charge in [-0.25, -0.2) is 4.79 Å². The molecule has 0 saturated heterocycles. The molecule has 0 aliphatic heterocycles. The van der Waals surface area contributed by atoms with Gasteiger partial charge in [0, 0.05) is 16.2 Å². The Morgan fingerprint density at radius 2 is 2.39 bits per heavy atom. The standard InChI is InChI=1S/C14H18O3S/c1-4-7-11(15)13-9-10(14(16)17-6-3)12(18-13)8-5-2/h4-5,7,9,11,15H,2,6,8H2,1,3H3/b7-4+. The van der Waals surface area contributed by atoms with Crippen LogP contribution in [0.4, 0.5) is 0 Å². The van der Waals surface area contributed by atoms with Crippen molar-refractivity contribution in [1.82, 2.24) is 0 Å². The summed E-state index contributed by atoms with van der Waals surface area (Å²) in [5.41, 5.74) is 0.528. The zero-order valence-corrected chi connectivity index (χ0v) is 11.5. The predicted octanol–water partition coefficient (Wildman–Crippen LogP) is 3.26. The number of carbonyl (C=O) groups is 1. The van der Waals surface area contributed by atoms with Crippen LogP contribution in [-0.2, 0) is 11.2 Å². The van der Waals surface area contributed by atoms with Crippen LogP contribution in [0.15, 0.2) is 30.9 Å². The second kappa shape index (κ2) is 7.13. The molecule has 1 unspecified atom stereocenters. The maximum atomic E-state index is 11.8. The molecule has 1 rings (SSSR count). The van der Waals surface area contributed by atoms with E-state index < -0.39 is 6.10 Å². The van der Waals surface area contributed by atoms with Crippen LogP contribution in [0.5, 0.6) is 0 Å². The number of rotatable bonds is 6. The van der Waals surface area contributed by atoms with Gasteiger partial charge in [-0.2, -0.15) is 0 Å². The molecule has 18 heavy (non-hydrogen) atoms. The number of allylic oxidation sites excluding steroid dienone is 2. The van der Waals surface area contributed by atoms with Crippen molar-refractivity contribution in [2.45, 2.75) is 26.4 Å². The van der Waals surface area contributed by atoms with Gasteiger partial charge < -0.3 is 9.84 Å². The molecule has 0 fully saturated rings. The van der Waals surface area contributed by atoms with E-state index in [1.807, 2.05) is 6.92 Å². The maximum absolute atomic E-state index is 11.8. The molecule has 0 spiro atoms. The van der Waals surface area contributed by atoms with E-state index in [4.69, 9.17) is 4.74 Å². The van der Waals surface area contributed by atoms with E-state index in [1.165, 1.54) is 11.3 Å². The minimum absolute atomic E-state index is 0.342.